The molecule has 0 saturated carbocycles. The van der Waals surface area contributed by atoms with E-state index in [1.807, 2.05) is 0 Å². The van der Waals surface area contributed by atoms with Crippen molar-refractivity contribution in [1.29, 1.82) is 0 Å². The highest BCUT2D eigenvalue weighted by Crippen LogP contribution is 2.31. The number of carbonyl (C=O) groups is 1. The molecule has 1 fully saturated rings. The Hall–Kier alpha value is -1.95. The molecule has 5 nitrogen and oxygen atoms in total. The van der Waals surface area contributed by atoms with Crippen molar-refractivity contribution in [2.75, 3.05) is 13.1 Å². The maximum Gasteiger partial charge on any atom is 0.253 e. The number of fused-ring (bicyclic) bond motifs is 1. The number of hydrogen-bond donors (Lipinski definition) is 2. The monoisotopic (exact) mass is 304 g/mol. The average Bonchev–Trinajstić information content (AvgIpc) is 2.91. The van der Waals surface area contributed by atoms with Gasteiger partial charge in [-0.15, -0.1) is 0 Å². The van der Waals surface area contributed by atoms with E-state index >= 15 is 0 Å². The van der Waals surface area contributed by atoms with Crippen LogP contribution in [0, 0.1) is 5.82 Å². The summed E-state index contributed by atoms with van der Waals surface area (Å²) in [7, 11) is 0. The van der Waals surface area contributed by atoms with E-state index in [1.165, 1.54) is 12.5 Å². The van der Waals surface area contributed by atoms with E-state index in [1.54, 1.807) is 6.07 Å². The van der Waals surface area contributed by atoms with Gasteiger partial charge in [0, 0.05) is 0 Å². The third kappa shape index (κ3) is 2.59. The number of rotatable bonds is 4. The van der Waals surface area contributed by atoms with Gasteiger partial charge in [-0.25, -0.2) is 9.37 Å². The van der Waals surface area contributed by atoms with E-state index in [4.69, 9.17) is 5.73 Å². The number of imidazole rings is 1. The molecule has 1 saturated heterocycles. The summed E-state index contributed by atoms with van der Waals surface area (Å²) in [4.78, 5) is 21.7. The van der Waals surface area contributed by atoms with Gasteiger partial charge in [-0.3, -0.25) is 9.69 Å². The first-order valence-electron chi connectivity index (χ1n) is 7.83. The van der Waals surface area contributed by atoms with E-state index in [9.17, 15) is 9.18 Å². The largest absolute Gasteiger partial charge is 0.365 e. The molecule has 0 radical (unpaired) electrons. The molecule has 3 N–H and O–H groups in total. The van der Waals surface area contributed by atoms with Crippen LogP contribution in [0.4, 0.5) is 4.39 Å². The molecule has 1 aliphatic rings. The predicted octanol–water partition coefficient (Wildman–Crippen LogP) is 2.74. The maximum atomic E-state index is 13.9. The molecule has 1 atom stereocenters. The van der Waals surface area contributed by atoms with Crippen LogP contribution in [0.15, 0.2) is 12.1 Å². The fraction of sp³-hybridized carbons (Fsp3) is 0.500. The molecule has 0 bridgehead atoms. The molecule has 22 heavy (non-hydrogen) atoms. The highest BCUT2D eigenvalue weighted by Gasteiger charge is 2.27. The van der Waals surface area contributed by atoms with Crippen molar-refractivity contribution in [2.45, 2.75) is 38.6 Å². The Balaban J connectivity index is 2.04. The molecule has 1 amide bonds. The lowest BCUT2D eigenvalue weighted by atomic mass is 10.0. The van der Waals surface area contributed by atoms with Crippen molar-refractivity contribution < 1.29 is 9.18 Å². The molecule has 6 heteroatoms. The molecule has 0 aliphatic carbocycles. The van der Waals surface area contributed by atoms with Crippen molar-refractivity contribution in [3.63, 3.8) is 0 Å². The van der Waals surface area contributed by atoms with Crippen molar-refractivity contribution in [2.24, 2.45) is 5.73 Å². The number of nitrogens with zero attached hydrogens (tertiary/aromatic N) is 2. The number of aromatic amines is 1. The summed E-state index contributed by atoms with van der Waals surface area (Å²) in [6, 6.07) is 3.07. The van der Waals surface area contributed by atoms with Crippen LogP contribution in [0.3, 0.4) is 0 Å². The van der Waals surface area contributed by atoms with Gasteiger partial charge < -0.3 is 10.7 Å². The number of halogens is 1. The molecule has 2 aromatic rings. The van der Waals surface area contributed by atoms with Crippen LogP contribution >= 0.6 is 0 Å². The summed E-state index contributed by atoms with van der Waals surface area (Å²) >= 11 is 0. The number of carbonyl (C=O) groups excluding carboxylic acids is 1. The summed E-state index contributed by atoms with van der Waals surface area (Å²) in [6.45, 7) is 4.22. The standard InChI is InChI=1S/C16H21FN4O/c1-2-8-21-9-4-3-5-12(21)16-19-11-7-6-10(17)13(15(18)22)14(11)20-16/h6-7,12H,2-5,8-9H2,1H3,(H2,18,22)(H,19,20). The zero-order chi connectivity index (χ0) is 15.7. The average molecular weight is 304 g/mol. The first kappa shape index (κ1) is 15.0. The van der Waals surface area contributed by atoms with Crippen LogP contribution in [0.2, 0.25) is 0 Å². The van der Waals surface area contributed by atoms with E-state index < -0.39 is 11.7 Å². The van der Waals surface area contributed by atoms with E-state index in [2.05, 4.69) is 21.8 Å². The second kappa shape index (κ2) is 6.04. The van der Waals surface area contributed by atoms with E-state index in [-0.39, 0.29) is 11.6 Å². The minimum Gasteiger partial charge on any atom is -0.365 e. The Morgan fingerprint density at radius 2 is 2.32 bits per heavy atom. The molecule has 3 rings (SSSR count). The van der Waals surface area contributed by atoms with Crippen LogP contribution in [0.1, 0.15) is 54.8 Å². The smallest absolute Gasteiger partial charge is 0.253 e. The number of piperidine rings is 1. The zero-order valence-electron chi connectivity index (χ0n) is 12.7. The van der Waals surface area contributed by atoms with Gasteiger partial charge in [-0.05, 0) is 44.5 Å². The van der Waals surface area contributed by atoms with Gasteiger partial charge >= 0.3 is 0 Å². The Morgan fingerprint density at radius 1 is 1.50 bits per heavy atom. The Kier molecular flexibility index (Phi) is 4.11. The molecule has 1 aromatic heterocycles. The molecule has 1 aliphatic heterocycles. The molecule has 0 spiro atoms. The first-order chi connectivity index (χ1) is 10.6. The van der Waals surface area contributed by atoms with Gasteiger partial charge in [0.05, 0.1) is 11.6 Å². The van der Waals surface area contributed by atoms with Gasteiger partial charge in [0.2, 0.25) is 0 Å². The highest BCUT2D eigenvalue weighted by atomic mass is 19.1. The number of amides is 1. The topological polar surface area (TPSA) is 75.0 Å². The molecule has 1 unspecified atom stereocenters. The first-order valence-corrected chi connectivity index (χ1v) is 7.83. The molecule has 2 heterocycles. The highest BCUT2D eigenvalue weighted by molar-refractivity contribution is 6.04. The zero-order valence-corrected chi connectivity index (χ0v) is 12.7. The van der Waals surface area contributed by atoms with E-state index in [0.29, 0.717) is 11.0 Å². The fourth-order valence-electron chi connectivity index (χ4n) is 3.32. The van der Waals surface area contributed by atoms with Crippen molar-refractivity contribution in [3.8, 4) is 0 Å². The second-order valence-corrected chi connectivity index (χ2v) is 5.85. The number of nitrogens with two attached hydrogens (primary N) is 1. The lowest BCUT2D eigenvalue weighted by Crippen LogP contribution is -2.34. The predicted molar refractivity (Wildman–Crippen MR) is 83.0 cm³/mol. The van der Waals surface area contributed by atoms with Crippen LogP contribution in [-0.4, -0.2) is 33.9 Å². The van der Waals surface area contributed by atoms with Gasteiger partial charge in [0.1, 0.15) is 22.7 Å². The maximum absolute atomic E-state index is 13.9. The summed E-state index contributed by atoms with van der Waals surface area (Å²) < 4.78 is 13.9. The Labute approximate surface area is 128 Å². The molecule has 1 aromatic carbocycles. The molecule has 118 valence electrons. The van der Waals surface area contributed by atoms with Crippen LogP contribution in [-0.2, 0) is 0 Å². The van der Waals surface area contributed by atoms with Crippen molar-refractivity contribution >= 4 is 16.9 Å². The number of aromatic nitrogens is 2. The summed E-state index contributed by atoms with van der Waals surface area (Å²) in [5.41, 5.74) is 6.17. The summed E-state index contributed by atoms with van der Waals surface area (Å²) in [5.74, 6) is -0.599. The third-order valence-electron chi connectivity index (χ3n) is 4.31. The van der Waals surface area contributed by atoms with Gasteiger partial charge in [-0.1, -0.05) is 13.3 Å². The fourth-order valence-corrected chi connectivity index (χ4v) is 3.32. The third-order valence-corrected chi connectivity index (χ3v) is 4.31. The lowest BCUT2D eigenvalue weighted by molar-refractivity contribution is 0.0998. The quantitative estimate of drug-likeness (QED) is 0.912. The van der Waals surface area contributed by atoms with Crippen molar-refractivity contribution in [1.82, 2.24) is 14.9 Å². The second-order valence-electron chi connectivity index (χ2n) is 5.85. The van der Waals surface area contributed by atoms with Gasteiger partial charge in [0.15, 0.2) is 0 Å². The van der Waals surface area contributed by atoms with Gasteiger partial charge in [0.25, 0.3) is 5.91 Å². The number of likely N-dealkylation sites (tertiary alicyclic amines) is 1. The van der Waals surface area contributed by atoms with Crippen LogP contribution in [0.5, 0.6) is 0 Å². The summed E-state index contributed by atoms with van der Waals surface area (Å²) in [5, 5.41) is 0. The lowest BCUT2D eigenvalue weighted by Gasteiger charge is -2.34. The normalized spacial score (nSPS) is 19.6. The number of hydrogen-bond acceptors (Lipinski definition) is 3. The minimum atomic E-state index is -0.782. The number of nitrogens with one attached hydrogen (secondary N) is 1. The minimum absolute atomic E-state index is 0.127. The number of primary amides is 1. The Morgan fingerprint density at radius 3 is 3.05 bits per heavy atom. The van der Waals surface area contributed by atoms with Crippen LogP contribution < -0.4 is 5.73 Å². The SMILES string of the molecule is CCCN1CCCCC1c1nc2c(C(N)=O)c(F)ccc2[nH]1. The Bertz CT molecular complexity index is 695. The molecular weight excluding hydrogens is 283 g/mol. The van der Waals surface area contributed by atoms with Crippen molar-refractivity contribution in [3.05, 3.63) is 29.3 Å². The van der Waals surface area contributed by atoms with E-state index in [0.717, 1.165) is 38.2 Å². The number of benzene rings is 1. The summed E-state index contributed by atoms with van der Waals surface area (Å²) in [6.07, 6.45) is 4.45. The number of H-pyrrole nitrogens is 1. The van der Waals surface area contributed by atoms with Crippen LogP contribution in [0.25, 0.3) is 11.0 Å². The molecular formula is C16H21FN4O. The van der Waals surface area contributed by atoms with Gasteiger partial charge in [-0.2, -0.15) is 0 Å².